The van der Waals surface area contributed by atoms with Crippen LogP contribution in [0.5, 0.6) is 0 Å². The highest BCUT2D eigenvalue weighted by atomic mass is 19.1. The lowest BCUT2D eigenvalue weighted by Crippen LogP contribution is -2.10. The van der Waals surface area contributed by atoms with Gasteiger partial charge in [0.2, 0.25) is 0 Å². The van der Waals surface area contributed by atoms with Gasteiger partial charge in [-0.3, -0.25) is 4.68 Å². The zero-order valence-corrected chi connectivity index (χ0v) is 9.45. The lowest BCUT2D eigenvalue weighted by molar-refractivity contribution is 0.587. The number of halogens is 2. The van der Waals surface area contributed by atoms with Gasteiger partial charge in [-0.1, -0.05) is 6.07 Å². The van der Waals surface area contributed by atoms with E-state index in [-0.39, 0.29) is 5.69 Å². The SMILES string of the molecule is Cn1nccc1CCNc1c(F)cccc1F. The Kier molecular flexibility index (Phi) is 3.37. The van der Waals surface area contributed by atoms with Crippen molar-refractivity contribution in [1.82, 2.24) is 9.78 Å². The van der Waals surface area contributed by atoms with Gasteiger partial charge in [-0.25, -0.2) is 8.78 Å². The summed E-state index contributed by atoms with van der Waals surface area (Å²) in [6.07, 6.45) is 2.35. The molecule has 1 aromatic heterocycles. The second-order valence-corrected chi connectivity index (χ2v) is 3.72. The molecule has 0 amide bonds. The Morgan fingerprint density at radius 3 is 2.53 bits per heavy atom. The molecule has 0 atom stereocenters. The van der Waals surface area contributed by atoms with Crippen molar-refractivity contribution >= 4 is 5.69 Å². The van der Waals surface area contributed by atoms with Gasteiger partial charge in [-0.05, 0) is 18.2 Å². The Hall–Kier alpha value is -1.91. The third-order valence-corrected chi connectivity index (χ3v) is 2.57. The van der Waals surface area contributed by atoms with Crippen molar-refractivity contribution < 1.29 is 8.78 Å². The molecule has 2 aromatic rings. The Balaban J connectivity index is 1.97. The van der Waals surface area contributed by atoms with Crippen LogP contribution in [0, 0.1) is 11.6 Å². The molecule has 0 fully saturated rings. The van der Waals surface area contributed by atoms with Crippen LogP contribution in [0.15, 0.2) is 30.5 Å². The molecule has 1 aromatic carbocycles. The molecule has 0 aliphatic heterocycles. The van der Waals surface area contributed by atoms with E-state index >= 15 is 0 Å². The summed E-state index contributed by atoms with van der Waals surface area (Å²) >= 11 is 0. The van der Waals surface area contributed by atoms with E-state index in [1.54, 1.807) is 10.9 Å². The average molecular weight is 237 g/mol. The summed E-state index contributed by atoms with van der Waals surface area (Å²) in [5.41, 5.74) is 0.934. The maximum absolute atomic E-state index is 13.3. The fourth-order valence-corrected chi connectivity index (χ4v) is 1.63. The van der Waals surface area contributed by atoms with E-state index in [0.717, 1.165) is 5.69 Å². The summed E-state index contributed by atoms with van der Waals surface area (Å²) in [4.78, 5) is 0. The van der Waals surface area contributed by atoms with E-state index in [1.807, 2.05) is 13.1 Å². The van der Waals surface area contributed by atoms with Crippen molar-refractivity contribution in [3.8, 4) is 0 Å². The van der Waals surface area contributed by atoms with Gasteiger partial charge < -0.3 is 5.32 Å². The topological polar surface area (TPSA) is 29.9 Å². The molecular formula is C12H13F2N3. The van der Waals surface area contributed by atoms with Crippen LogP contribution in [0.1, 0.15) is 5.69 Å². The molecule has 90 valence electrons. The molecule has 0 unspecified atom stereocenters. The molecule has 0 spiro atoms. The van der Waals surface area contributed by atoms with Crippen LogP contribution in [0.4, 0.5) is 14.5 Å². The van der Waals surface area contributed by atoms with Crippen LogP contribution in [-0.4, -0.2) is 16.3 Å². The van der Waals surface area contributed by atoms with Gasteiger partial charge in [0.25, 0.3) is 0 Å². The number of para-hydroxylation sites is 1. The third-order valence-electron chi connectivity index (χ3n) is 2.57. The molecule has 1 heterocycles. The summed E-state index contributed by atoms with van der Waals surface area (Å²) < 4.78 is 28.3. The third kappa shape index (κ3) is 2.61. The number of benzene rings is 1. The zero-order valence-electron chi connectivity index (χ0n) is 9.45. The minimum Gasteiger partial charge on any atom is -0.380 e. The first-order valence-electron chi connectivity index (χ1n) is 5.33. The van der Waals surface area contributed by atoms with E-state index in [1.165, 1.54) is 18.2 Å². The standard InChI is InChI=1S/C12H13F2N3/c1-17-9(6-8-16-17)5-7-15-12-10(13)3-2-4-11(12)14/h2-4,6,8,15H,5,7H2,1H3. The summed E-state index contributed by atoms with van der Waals surface area (Å²) in [6.45, 7) is 0.456. The zero-order chi connectivity index (χ0) is 12.3. The van der Waals surface area contributed by atoms with Gasteiger partial charge >= 0.3 is 0 Å². The maximum Gasteiger partial charge on any atom is 0.149 e. The number of hydrogen-bond acceptors (Lipinski definition) is 2. The number of nitrogens with zero attached hydrogens (tertiary/aromatic N) is 2. The summed E-state index contributed by atoms with van der Waals surface area (Å²) in [5.74, 6) is -1.15. The van der Waals surface area contributed by atoms with Crippen molar-refractivity contribution in [3.05, 3.63) is 47.8 Å². The van der Waals surface area contributed by atoms with Crippen LogP contribution in [-0.2, 0) is 13.5 Å². The lowest BCUT2D eigenvalue weighted by atomic mass is 10.2. The van der Waals surface area contributed by atoms with Crippen molar-refractivity contribution in [2.45, 2.75) is 6.42 Å². The first-order valence-corrected chi connectivity index (χ1v) is 5.33. The molecule has 5 heteroatoms. The molecular weight excluding hydrogens is 224 g/mol. The van der Waals surface area contributed by atoms with E-state index in [0.29, 0.717) is 13.0 Å². The molecule has 17 heavy (non-hydrogen) atoms. The van der Waals surface area contributed by atoms with Gasteiger partial charge in [0, 0.05) is 31.9 Å². The summed E-state index contributed by atoms with van der Waals surface area (Å²) in [7, 11) is 1.83. The molecule has 0 aliphatic rings. The van der Waals surface area contributed by atoms with E-state index < -0.39 is 11.6 Å². The Labute approximate surface area is 98.1 Å². The number of nitrogens with one attached hydrogen (secondary N) is 1. The smallest absolute Gasteiger partial charge is 0.149 e. The predicted molar refractivity (Wildman–Crippen MR) is 61.8 cm³/mol. The fraction of sp³-hybridized carbons (Fsp3) is 0.250. The molecule has 0 saturated carbocycles. The highest BCUT2D eigenvalue weighted by Crippen LogP contribution is 2.17. The van der Waals surface area contributed by atoms with Crippen molar-refractivity contribution in [1.29, 1.82) is 0 Å². The van der Waals surface area contributed by atoms with Gasteiger partial charge in [0.05, 0.1) is 0 Å². The van der Waals surface area contributed by atoms with Crippen molar-refractivity contribution in [3.63, 3.8) is 0 Å². The molecule has 3 nitrogen and oxygen atoms in total. The van der Waals surface area contributed by atoms with Gasteiger partial charge in [0.15, 0.2) is 0 Å². The Morgan fingerprint density at radius 2 is 1.94 bits per heavy atom. The van der Waals surface area contributed by atoms with Crippen LogP contribution >= 0.6 is 0 Å². The van der Waals surface area contributed by atoms with E-state index in [9.17, 15) is 8.78 Å². The molecule has 0 radical (unpaired) electrons. The Morgan fingerprint density at radius 1 is 1.24 bits per heavy atom. The maximum atomic E-state index is 13.3. The first-order chi connectivity index (χ1) is 8.18. The van der Waals surface area contributed by atoms with Crippen LogP contribution < -0.4 is 5.32 Å². The quantitative estimate of drug-likeness (QED) is 0.884. The minimum absolute atomic E-state index is 0.0744. The van der Waals surface area contributed by atoms with Crippen molar-refractivity contribution in [2.75, 3.05) is 11.9 Å². The molecule has 2 rings (SSSR count). The van der Waals surface area contributed by atoms with Gasteiger partial charge in [-0.15, -0.1) is 0 Å². The number of hydrogen-bond donors (Lipinski definition) is 1. The Bertz CT molecular complexity index is 488. The first kappa shape index (κ1) is 11.6. The molecule has 0 saturated heterocycles. The van der Waals surface area contributed by atoms with Crippen LogP contribution in [0.3, 0.4) is 0 Å². The minimum atomic E-state index is -0.574. The van der Waals surface area contributed by atoms with E-state index in [2.05, 4.69) is 10.4 Å². The average Bonchev–Trinajstić information content (AvgIpc) is 2.69. The van der Waals surface area contributed by atoms with Crippen molar-refractivity contribution in [2.24, 2.45) is 7.05 Å². The highest BCUT2D eigenvalue weighted by molar-refractivity contribution is 5.46. The summed E-state index contributed by atoms with van der Waals surface area (Å²) in [6, 6.07) is 5.68. The molecule has 0 bridgehead atoms. The van der Waals surface area contributed by atoms with Gasteiger partial charge in [0.1, 0.15) is 17.3 Å². The predicted octanol–water partition coefficient (Wildman–Crippen LogP) is 2.35. The molecule has 0 aliphatic carbocycles. The number of anilines is 1. The normalized spacial score (nSPS) is 10.5. The monoisotopic (exact) mass is 237 g/mol. The number of aryl methyl sites for hydroxylation is 1. The second-order valence-electron chi connectivity index (χ2n) is 3.72. The lowest BCUT2D eigenvalue weighted by Gasteiger charge is -2.08. The van der Waals surface area contributed by atoms with Crippen LogP contribution in [0.2, 0.25) is 0 Å². The largest absolute Gasteiger partial charge is 0.380 e. The second kappa shape index (κ2) is 4.95. The number of rotatable bonds is 4. The van der Waals surface area contributed by atoms with E-state index in [4.69, 9.17) is 0 Å². The fourth-order valence-electron chi connectivity index (χ4n) is 1.63. The molecule has 1 N–H and O–H groups in total. The number of aromatic nitrogens is 2. The highest BCUT2D eigenvalue weighted by Gasteiger charge is 2.07. The van der Waals surface area contributed by atoms with Gasteiger partial charge in [-0.2, -0.15) is 5.10 Å². The van der Waals surface area contributed by atoms with Crippen LogP contribution in [0.25, 0.3) is 0 Å². The summed E-state index contributed by atoms with van der Waals surface area (Å²) in [5, 5.41) is 6.77.